The Labute approximate surface area is 176 Å². The van der Waals surface area contributed by atoms with Crippen molar-refractivity contribution in [3.05, 3.63) is 47.5 Å². The smallest absolute Gasteiger partial charge is 0.268 e. The van der Waals surface area contributed by atoms with Gasteiger partial charge in [-0.2, -0.15) is 5.10 Å². The number of aromatic nitrogens is 4. The molecule has 0 fully saturated rings. The summed E-state index contributed by atoms with van der Waals surface area (Å²) in [6.45, 7) is 9.65. The fourth-order valence-electron chi connectivity index (χ4n) is 3.02. The van der Waals surface area contributed by atoms with E-state index in [4.69, 9.17) is 14.3 Å². The Kier molecular flexibility index (Phi) is 7.35. The van der Waals surface area contributed by atoms with Gasteiger partial charge in [-0.15, -0.1) is 10.2 Å². The van der Waals surface area contributed by atoms with E-state index in [0.29, 0.717) is 48.7 Å². The van der Waals surface area contributed by atoms with Crippen LogP contribution in [-0.4, -0.2) is 45.6 Å². The predicted molar refractivity (Wildman–Crippen MR) is 114 cm³/mol. The van der Waals surface area contributed by atoms with E-state index in [0.717, 1.165) is 24.2 Å². The van der Waals surface area contributed by atoms with Gasteiger partial charge in [-0.05, 0) is 49.9 Å². The highest BCUT2D eigenvalue weighted by atomic mass is 16.5. The number of aryl methyl sites for hydroxylation is 2. The van der Waals surface area contributed by atoms with Crippen LogP contribution in [0.2, 0.25) is 0 Å². The number of benzene rings is 1. The third-order valence-corrected chi connectivity index (χ3v) is 4.60. The summed E-state index contributed by atoms with van der Waals surface area (Å²) in [7, 11) is 0. The van der Waals surface area contributed by atoms with Gasteiger partial charge in [0, 0.05) is 31.3 Å². The van der Waals surface area contributed by atoms with Crippen molar-refractivity contribution in [2.45, 2.75) is 40.5 Å². The average Bonchev–Trinajstić information content (AvgIpc) is 3.36. The lowest BCUT2D eigenvalue weighted by atomic mass is 10.1. The van der Waals surface area contributed by atoms with Crippen molar-refractivity contribution in [2.24, 2.45) is 5.92 Å². The first-order valence-corrected chi connectivity index (χ1v) is 10.3. The first-order chi connectivity index (χ1) is 14.5. The first kappa shape index (κ1) is 21.7. The Balaban J connectivity index is 1.87. The molecule has 3 aromatic rings. The van der Waals surface area contributed by atoms with Crippen LogP contribution in [0.5, 0.6) is 0 Å². The van der Waals surface area contributed by atoms with Gasteiger partial charge < -0.3 is 14.5 Å². The topological polar surface area (TPSA) is 95.1 Å². The van der Waals surface area contributed by atoms with Gasteiger partial charge in [0.15, 0.2) is 0 Å². The summed E-state index contributed by atoms with van der Waals surface area (Å²) in [5, 5.41) is 15.6. The van der Waals surface area contributed by atoms with Gasteiger partial charge in [-0.3, -0.25) is 4.79 Å². The molecule has 8 heteroatoms. The van der Waals surface area contributed by atoms with E-state index in [1.54, 1.807) is 13.0 Å². The highest BCUT2D eigenvalue weighted by Crippen LogP contribution is 2.23. The van der Waals surface area contributed by atoms with Crippen LogP contribution >= 0.6 is 0 Å². The number of nitrogens with one attached hydrogen (secondary N) is 1. The molecule has 0 spiro atoms. The molecule has 3 rings (SSSR count). The Bertz CT molecular complexity index is 977. The monoisotopic (exact) mass is 411 g/mol. The SMILES string of the molecule is CCOCCNC(=O)c1cccc(-n2nc(-c3nnc(C)o3)cc2CCC(C)C)c1. The van der Waals surface area contributed by atoms with Crippen molar-refractivity contribution >= 4 is 5.91 Å². The number of amides is 1. The van der Waals surface area contributed by atoms with Gasteiger partial charge in [-0.1, -0.05) is 19.9 Å². The number of hydrogen-bond donors (Lipinski definition) is 1. The second-order valence-electron chi connectivity index (χ2n) is 7.49. The fourth-order valence-corrected chi connectivity index (χ4v) is 3.02. The van der Waals surface area contributed by atoms with Crippen LogP contribution in [0.25, 0.3) is 17.3 Å². The van der Waals surface area contributed by atoms with Crippen molar-refractivity contribution in [3.63, 3.8) is 0 Å². The molecule has 0 aliphatic heterocycles. The minimum atomic E-state index is -0.139. The molecule has 0 unspecified atom stereocenters. The molecule has 1 N–H and O–H groups in total. The second kappa shape index (κ2) is 10.2. The maximum Gasteiger partial charge on any atom is 0.268 e. The maximum atomic E-state index is 12.5. The minimum absolute atomic E-state index is 0.139. The number of hydrogen-bond acceptors (Lipinski definition) is 6. The van der Waals surface area contributed by atoms with Crippen LogP contribution in [0.15, 0.2) is 34.7 Å². The molecule has 0 saturated heterocycles. The number of carbonyl (C=O) groups is 1. The standard InChI is InChI=1S/C22H29N5O3/c1-5-29-12-11-23-21(28)17-7-6-8-18(13-17)27-19(10-9-15(2)3)14-20(26-27)22-25-24-16(4)30-22/h6-8,13-15H,5,9-12H2,1-4H3,(H,23,28). The molecule has 160 valence electrons. The normalized spacial score (nSPS) is 11.2. The zero-order chi connectivity index (χ0) is 21.5. The largest absolute Gasteiger partial charge is 0.420 e. The number of rotatable bonds is 10. The van der Waals surface area contributed by atoms with Gasteiger partial charge in [0.2, 0.25) is 5.89 Å². The summed E-state index contributed by atoms with van der Waals surface area (Å²) in [6.07, 6.45) is 1.87. The summed E-state index contributed by atoms with van der Waals surface area (Å²) >= 11 is 0. The number of ether oxygens (including phenoxy) is 1. The number of carbonyl (C=O) groups excluding carboxylic acids is 1. The van der Waals surface area contributed by atoms with Crippen molar-refractivity contribution in [1.82, 2.24) is 25.3 Å². The number of nitrogens with zero attached hydrogens (tertiary/aromatic N) is 4. The van der Waals surface area contributed by atoms with E-state index in [-0.39, 0.29) is 5.91 Å². The summed E-state index contributed by atoms with van der Waals surface area (Å²) < 4.78 is 12.7. The third kappa shape index (κ3) is 5.54. The van der Waals surface area contributed by atoms with Crippen LogP contribution in [0.4, 0.5) is 0 Å². The zero-order valence-corrected chi connectivity index (χ0v) is 18.0. The van der Waals surface area contributed by atoms with Crippen LogP contribution < -0.4 is 5.32 Å². The molecule has 0 bridgehead atoms. The Hall–Kier alpha value is -3.00. The van der Waals surface area contributed by atoms with Gasteiger partial charge in [0.1, 0.15) is 5.69 Å². The highest BCUT2D eigenvalue weighted by Gasteiger charge is 2.17. The Morgan fingerprint density at radius 1 is 1.27 bits per heavy atom. The van der Waals surface area contributed by atoms with E-state index in [9.17, 15) is 4.79 Å². The average molecular weight is 412 g/mol. The van der Waals surface area contributed by atoms with Crippen molar-refractivity contribution in [3.8, 4) is 17.3 Å². The van der Waals surface area contributed by atoms with Crippen LogP contribution in [0.1, 0.15) is 49.1 Å². The van der Waals surface area contributed by atoms with Crippen molar-refractivity contribution < 1.29 is 13.9 Å². The summed E-state index contributed by atoms with van der Waals surface area (Å²) in [4.78, 5) is 12.5. The quantitative estimate of drug-likeness (QED) is 0.512. The Morgan fingerprint density at radius 3 is 2.80 bits per heavy atom. The molecule has 0 saturated carbocycles. The molecule has 0 radical (unpaired) electrons. The van der Waals surface area contributed by atoms with E-state index >= 15 is 0 Å². The van der Waals surface area contributed by atoms with Crippen molar-refractivity contribution in [1.29, 1.82) is 0 Å². The molecular formula is C22H29N5O3. The minimum Gasteiger partial charge on any atom is -0.420 e. The third-order valence-electron chi connectivity index (χ3n) is 4.60. The lowest BCUT2D eigenvalue weighted by Crippen LogP contribution is -2.27. The molecule has 1 amide bonds. The first-order valence-electron chi connectivity index (χ1n) is 10.3. The van der Waals surface area contributed by atoms with Gasteiger partial charge in [0.05, 0.1) is 12.3 Å². The highest BCUT2D eigenvalue weighted by molar-refractivity contribution is 5.94. The van der Waals surface area contributed by atoms with Crippen LogP contribution in [0, 0.1) is 12.8 Å². The summed E-state index contributed by atoms with van der Waals surface area (Å²) in [6, 6.07) is 9.40. The molecular weight excluding hydrogens is 382 g/mol. The summed E-state index contributed by atoms with van der Waals surface area (Å²) in [5.74, 6) is 1.31. The molecule has 2 aromatic heterocycles. The summed E-state index contributed by atoms with van der Waals surface area (Å²) in [5.41, 5.74) is 3.04. The Morgan fingerprint density at radius 2 is 2.10 bits per heavy atom. The van der Waals surface area contributed by atoms with Gasteiger partial charge >= 0.3 is 0 Å². The van der Waals surface area contributed by atoms with Crippen molar-refractivity contribution in [2.75, 3.05) is 19.8 Å². The predicted octanol–water partition coefficient (Wildman–Crippen LogP) is 3.59. The van der Waals surface area contributed by atoms with E-state index in [1.165, 1.54) is 0 Å². The zero-order valence-electron chi connectivity index (χ0n) is 18.0. The van der Waals surface area contributed by atoms with Gasteiger partial charge in [-0.25, -0.2) is 4.68 Å². The molecule has 1 aromatic carbocycles. The second-order valence-corrected chi connectivity index (χ2v) is 7.49. The molecule has 30 heavy (non-hydrogen) atoms. The van der Waals surface area contributed by atoms with Crippen LogP contribution in [0.3, 0.4) is 0 Å². The lowest BCUT2D eigenvalue weighted by molar-refractivity contribution is 0.0922. The van der Waals surface area contributed by atoms with E-state index in [2.05, 4.69) is 29.4 Å². The molecule has 0 atom stereocenters. The van der Waals surface area contributed by atoms with Gasteiger partial charge in [0.25, 0.3) is 11.8 Å². The molecule has 2 heterocycles. The van der Waals surface area contributed by atoms with Crippen LogP contribution in [-0.2, 0) is 11.2 Å². The molecule has 0 aliphatic carbocycles. The molecule has 8 nitrogen and oxygen atoms in total. The lowest BCUT2D eigenvalue weighted by Gasteiger charge is -2.11. The maximum absolute atomic E-state index is 12.5. The van der Waals surface area contributed by atoms with E-state index in [1.807, 2.05) is 35.9 Å². The molecule has 0 aliphatic rings. The van der Waals surface area contributed by atoms with E-state index < -0.39 is 0 Å². The fraction of sp³-hybridized carbons (Fsp3) is 0.455.